The van der Waals surface area contributed by atoms with Gasteiger partial charge >= 0.3 is 0 Å². The predicted octanol–water partition coefficient (Wildman–Crippen LogP) is 1.07. The van der Waals surface area contributed by atoms with Gasteiger partial charge < -0.3 is 0 Å². The molecule has 1 saturated heterocycles. The third-order valence-corrected chi connectivity index (χ3v) is 4.01. The summed E-state index contributed by atoms with van der Waals surface area (Å²) in [5.74, 6) is -2.87. The van der Waals surface area contributed by atoms with Crippen LogP contribution in [0.4, 0.5) is 8.78 Å². The van der Waals surface area contributed by atoms with Gasteiger partial charge in [0.2, 0.25) is 10.0 Å². The summed E-state index contributed by atoms with van der Waals surface area (Å²) >= 11 is 0. The monoisotopic (exact) mass is 213 g/mol. The van der Waals surface area contributed by atoms with E-state index >= 15 is 0 Å². The Hall–Kier alpha value is -0.230. The highest BCUT2D eigenvalue weighted by Crippen LogP contribution is 2.28. The van der Waals surface area contributed by atoms with E-state index in [1.165, 1.54) is 0 Å². The molecule has 1 fully saturated rings. The zero-order valence-corrected chi connectivity index (χ0v) is 8.28. The van der Waals surface area contributed by atoms with E-state index in [9.17, 15) is 17.2 Å². The second-order valence-electron chi connectivity index (χ2n) is 3.26. The minimum Gasteiger partial charge on any atom is -0.212 e. The molecule has 1 aliphatic heterocycles. The third-order valence-electron chi connectivity index (χ3n) is 1.99. The van der Waals surface area contributed by atoms with E-state index in [2.05, 4.69) is 0 Å². The van der Waals surface area contributed by atoms with Crippen LogP contribution in [-0.2, 0) is 10.0 Å². The lowest BCUT2D eigenvalue weighted by molar-refractivity contribution is 0.0183. The molecule has 1 rings (SSSR count). The van der Waals surface area contributed by atoms with Crippen LogP contribution in [0, 0.1) is 0 Å². The molecule has 0 unspecified atom stereocenters. The fraction of sp³-hybridized carbons (Fsp3) is 1.00. The molecule has 1 heterocycles. The number of alkyl halides is 2. The summed E-state index contributed by atoms with van der Waals surface area (Å²) in [6, 6.07) is 0. The van der Waals surface area contributed by atoms with E-state index in [0.29, 0.717) is 6.42 Å². The smallest absolute Gasteiger partial charge is 0.212 e. The van der Waals surface area contributed by atoms with Gasteiger partial charge in [0, 0.05) is 13.0 Å². The molecule has 78 valence electrons. The molecule has 0 atom stereocenters. The molecule has 0 bridgehead atoms. The van der Waals surface area contributed by atoms with Crippen LogP contribution in [0.25, 0.3) is 0 Å². The van der Waals surface area contributed by atoms with Crippen molar-refractivity contribution in [3.8, 4) is 0 Å². The van der Waals surface area contributed by atoms with Crippen LogP contribution in [0.15, 0.2) is 0 Å². The van der Waals surface area contributed by atoms with Crippen LogP contribution in [0.2, 0.25) is 0 Å². The third kappa shape index (κ3) is 2.60. The van der Waals surface area contributed by atoms with Crippen molar-refractivity contribution in [2.75, 3.05) is 18.8 Å². The van der Waals surface area contributed by atoms with Crippen LogP contribution in [0.5, 0.6) is 0 Å². The van der Waals surface area contributed by atoms with E-state index in [4.69, 9.17) is 0 Å². The molecule has 0 N–H and O–H groups in total. The Bertz CT molecular complexity index is 276. The van der Waals surface area contributed by atoms with Crippen molar-refractivity contribution in [2.24, 2.45) is 0 Å². The van der Waals surface area contributed by atoms with Crippen molar-refractivity contribution in [1.82, 2.24) is 4.31 Å². The summed E-state index contributed by atoms with van der Waals surface area (Å²) < 4.78 is 48.8. The van der Waals surface area contributed by atoms with Crippen molar-refractivity contribution in [3.63, 3.8) is 0 Å². The number of hydrogen-bond acceptors (Lipinski definition) is 2. The van der Waals surface area contributed by atoms with Gasteiger partial charge in [-0.1, -0.05) is 6.92 Å². The van der Waals surface area contributed by atoms with Crippen LogP contribution in [0.3, 0.4) is 0 Å². The molecule has 3 nitrogen and oxygen atoms in total. The van der Waals surface area contributed by atoms with Crippen molar-refractivity contribution < 1.29 is 17.2 Å². The van der Waals surface area contributed by atoms with E-state index in [1.807, 2.05) is 0 Å². The minimum absolute atomic E-state index is 0.0386. The Morgan fingerprint density at radius 2 is 2.08 bits per heavy atom. The SMILES string of the molecule is CCCS(=O)(=O)N1CCC(F)(F)C1. The first-order valence-electron chi connectivity index (χ1n) is 4.23. The maximum atomic E-state index is 12.7. The maximum Gasteiger partial charge on any atom is 0.262 e. The topological polar surface area (TPSA) is 37.4 Å². The van der Waals surface area contributed by atoms with Crippen LogP contribution in [0.1, 0.15) is 19.8 Å². The average molecular weight is 213 g/mol. The molecular formula is C7H13F2NO2S. The molecule has 0 saturated carbocycles. The Labute approximate surface area is 76.8 Å². The normalized spacial score (nSPS) is 23.6. The van der Waals surface area contributed by atoms with Crippen LogP contribution < -0.4 is 0 Å². The summed E-state index contributed by atoms with van der Waals surface area (Å²) in [5.41, 5.74) is 0. The molecule has 0 aromatic carbocycles. The molecule has 13 heavy (non-hydrogen) atoms. The highest BCUT2D eigenvalue weighted by molar-refractivity contribution is 7.89. The van der Waals surface area contributed by atoms with Crippen LogP contribution >= 0.6 is 0 Å². The first kappa shape index (κ1) is 10.8. The zero-order chi connectivity index (χ0) is 10.1. The summed E-state index contributed by atoms with van der Waals surface area (Å²) in [6.45, 7) is 1.02. The van der Waals surface area contributed by atoms with Gasteiger partial charge in [-0.3, -0.25) is 0 Å². The largest absolute Gasteiger partial charge is 0.262 e. The molecule has 0 aromatic heterocycles. The standard InChI is InChI=1S/C7H13F2NO2S/c1-2-5-13(11,12)10-4-3-7(8,9)6-10/h2-6H2,1H3. The highest BCUT2D eigenvalue weighted by Gasteiger charge is 2.42. The van der Waals surface area contributed by atoms with Gasteiger partial charge in [0.05, 0.1) is 12.3 Å². The summed E-state index contributed by atoms with van der Waals surface area (Å²) in [4.78, 5) is 0. The first-order chi connectivity index (χ1) is 5.87. The van der Waals surface area contributed by atoms with Gasteiger partial charge in [0.1, 0.15) is 0 Å². The highest BCUT2D eigenvalue weighted by atomic mass is 32.2. The van der Waals surface area contributed by atoms with Crippen molar-refractivity contribution >= 4 is 10.0 Å². The Balaban J connectivity index is 2.66. The molecule has 0 aromatic rings. The Kier molecular flexibility index (Phi) is 2.91. The van der Waals surface area contributed by atoms with E-state index in [1.54, 1.807) is 6.92 Å². The Morgan fingerprint density at radius 3 is 2.46 bits per heavy atom. The zero-order valence-electron chi connectivity index (χ0n) is 7.46. The first-order valence-corrected chi connectivity index (χ1v) is 5.84. The van der Waals surface area contributed by atoms with Gasteiger partial charge in [0.15, 0.2) is 0 Å². The predicted molar refractivity (Wildman–Crippen MR) is 45.2 cm³/mol. The molecule has 0 amide bonds. The van der Waals surface area contributed by atoms with Crippen LogP contribution in [-0.4, -0.2) is 37.5 Å². The van der Waals surface area contributed by atoms with E-state index < -0.39 is 22.5 Å². The second-order valence-corrected chi connectivity index (χ2v) is 5.34. The quantitative estimate of drug-likeness (QED) is 0.703. The number of rotatable bonds is 3. The fourth-order valence-corrected chi connectivity index (χ4v) is 2.86. The number of sulfonamides is 1. The van der Waals surface area contributed by atoms with Gasteiger partial charge in [-0.05, 0) is 6.42 Å². The summed E-state index contributed by atoms with van der Waals surface area (Å²) in [5, 5.41) is 0. The van der Waals surface area contributed by atoms with Gasteiger partial charge in [-0.15, -0.1) is 0 Å². The van der Waals surface area contributed by atoms with Gasteiger partial charge in [0.25, 0.3) is 5.92 Å². The lowest BCUT2D eigenvalue weighted by atomic mass is 10.3. The number of halogens is 2. The van der Waals surface area contributed by atoms with E-state index in [-0.39, 0.29) is 18.7 Å². The van der Waals surface area contributed by atoms with Gasteiger partial charge in [-0.25, -0.2) is 17.2 Å². The number of nitrogens with zero attached hydrogens (tertiary/aromatic N) is 1. The summed E-state index contributed by atoms with van der Waals surface area (Å²) in [7, 11) is -3.43. The molecule has 0 radical (unpaired) electrons. The Morgan fingerprint density at radius 1 is 1.46 bits per heavy atom. The molecule has 6 heteroatoms. The lowest BCUT2D eigenvalue weighted by Gasteiger charge is -2.15. The molecule has 0 spiro atoms. The van der Waals surface area contributed by atoms with Crippen molar-refractivity contribution in [1.29, 1.82) is 0 Å². The lowest BCUT2D eigenvalue weighted by Crippen LogP contribution is -2.33. The minimum atomic E-state index is -3.43. The molecule has 1 aliphatic rings. The average Bonchev–Trinajstić information content (AvgIpc) is 2.30. The number of hydrogen-bond donors (Lipinski definition) is 0. The van der Waals surface area contributed by atoms with Crippen molar-refractivity contribution in [2.45, 2.75) is 25.7 Å². The maximum absolute atomic E-state index is 12.7. The molecule has 0 aliphatic carbocycles. The summed E-state index contributed by atoms with van der Waals surface area (Å²) in [6.07, 6.45) is 0.111. The van der Waals surface area contributed by atoms with Crippen molar-refractivity contribution in [3.05, 3.63) is 0 Å². The van der Waals surface area contributed by atoms with E-state index in [0.717, 1.165) is 4.31 Å². The molecular weight excluding hydrogens is 200 g/mol. The fourth-order valence-electron chi connectivity index (χ4n) is 1.33. The second kappa shape index (κ2) is 3.49. The van der Waals surface area contributed by atoms with Gasteiger partial charge in [-0.2, -0.15) is 4.31 Å².